The number of carbonyl (C=O) groups excluding carboxylic acids is 1. The molecule has 2 saturated heterocycles. The maximum Gasteiger partial charge on any atom is 0.223 e. The van der Waals surface area contributed by atoms with E-state index in [0.717, 1.165) is 17.1 Å². The van der Waals surface area contributed by atoms with Gasteiger partial charge in [-0.25, -0.2) is 18.7 Å². The fourth-order valence-corrected chi connectivity index (χ4v) is 5.80. The molecule has 2 aliphatic rings. The summed E-state index contributed by atoms with van der Waals surface area (Å²) in [5, 5.41) is 2.08. The molecule has 7 nitrogen and oxygen atoms in total. The zero-order valence-electron chi connectivity index (χ0n) is 18.5. The van der Waals surface area contributed by atoms with Gasteiger partial charge in [-0.15, -0.1) is 0 Å². The Labute approximate surface area is 193 Å². The second-order valence-corrected chi connectivity index (χ2v) is 9.17. The van der Waals surface area contributed by atoms with Crippen LogP contribution in [0.3, 0.4) is 0 Å². The van der Waals surface area contributed by atoms with Crippen molar-refractivity contribution in [3.05, 3.63) is 83.4 Å². The predicted octanol–water partition coefficient (Wildman–Crippen LogP) is 2.68. The number of likely N-dealkylation sites (tertiary alicyclic amines) is 1. The first kappa shape index (κ1) is 21.0. The maximum absolute atomic E-state index is 14.4. The highest BCUT2D eigenvalue weighted by atomic mass is 19.1. The van der Waals surface area contributed by atoms with Crippen LogP contribution in [0, 0.1) is 24.5 Å². The molecule has 6 rings (SSSR count). The van der Waals surface area contributed by atoms with Crippen molar-refractivity contribution < 1.29 is 27.7 Å². The predicted molar refractivity (Wildman–Crippen MR) is 116 cm³/mol. The van der Waals surface area contributed by atoms with Crippen molar-refractivity contribution in [3.8, 4) is 0 Å². The number of nitrogens with zero attached hydrogens (tertiary/aromatic N) is 3. The quantitative estimate of drug-likeness (QED) is 0.501. The van der Waals surface area contributed by atoms with Crippen LogP contribution in [-0.4, -0.2) is 39.9 Å². The first-order valence-corrected chi connectivity index (χ1v) is 11.3. The first-order chi connectivity index (χ1) is 16.5. The summed E-state index contributed by atoms with van der Waals surface area (Å²) in [6.45, 7) is 3.32. The smallest absolute Gasteiger partial charge is 0.223 e. The van der Waals surface area contributed by atoms with Crippen LogP contribution >= 0.6 is 0 Å². The molecule has 2 N–H and O–H groups in total. The standard InChI is InChI=1S/C25H22F2N4O3/c1-14-11-33-24(30-14)25(16-5-17(26)7-18(27)6-16)12-28-9-20-19(25)8-22(32)31(20)10-15-3-2-4-21-23(15)29-13-34-21/h2-7,11,13,19-20,28H,8-10,12H2,1H3/p+1. The average Bonchev–Trinajstić information content (AvgIpc) is 3.53. The van der Waals surface area contributed by atoms with Gasteiger partial charge in [-0.05, 0) is 30.7 Å². The van der Waals surface area contributed by atoms with Crippen LogP contribution in [0.1, 0.15) is 29.1 Å². The molecular formula is C25H23F2N4O3+. The topological polar surface area (TPSA) is 89.0 Å². The third-order valence-corrected chi connectivity index (χ3v) is 7.25. The SMILES string of the molecule is Cc1coc(C2(c3cc(F)cc(F)c3)C[NH2+]CC3C2CC(=O)N3Cc2cccc3ocnc23)n1. The number of hydrogen-bond acceptors (Lipinski definition) is 5. The van der Waals surface area contributed by atoms with E-state index in [1.54, 1.807) is 0 Å². The van der Waals surface area contributed by atoms with Gasteiger partial charge in [-0.1, -0.05) is 12.1 Å². The minimum atomic E-state index is -0.954. The van der Waals surface area contributed by atoms with Crippen LogP contribution in [-0.2, 0) is 16.8 Å². The van der Waals surface area contributed by atoms with Gasteiger partial charge in [0.05, 0.1) is 24.8 Å². The maximum atomic E-state index is 14.4. The number of carbonyl (C=O) groups is 1. The van der Waals surface area contributed by atoms with Gasteiger partial charge in [0.2, 0.25) is 11.8 Å². The molecule has 3 unspecified atom stereocenters. The molecule has 4 heterocycles. The fraction of sp³-hybridized carbons (Fsp3) is 0.320. The number of nitrogens with two attached hydrogens (primary N) is 1. The van der Waals surface area contributed by atoms with E-state index in [1.807, 2.05) is 30.0 Å². The Morgan fingerprint density at radius 3 is 2.79 bits per heavy atom. The molecule has 2 aromatic heterocycles. The van der Waals surface area contributed by atoms with Gasteiger partial charge >= 0.3 is 0 Å². The van der Waals surface area contributed by atoms with Crippen molar-refractivity contribution in [2.24, 2.45) is 5.92 Å². The summed E-state index contributed by atoms with van der Waals surface area (Å²) in [5.41, 5.74) is 2.43. The number of piperidine rings is 1. The number of hydrogen-bond donors (Lipinski definition) is 1. The molecule has 0 bridgehead atoms. The lowest BCUT2D eigenvalue weighted by atomic mass is 9.65. The number of aryl methyl sites for hydroxylation is 1. The number of oxazole rings is 2. The lowest BCUT2D eigenvalue weighted by Gasteiger charge is -2.42. The third kappa shape index (κ3) is 3.14. The van der Waals surface area contributed by atoms with E-state index >= 15 is 0 Å². The zero-order valence-corrected chi connectivity index (χ0v) is 18.5. The van der Waals surface area contributed by atoms with Crippen molar-refractivity contribution in [3.63, 3.8) is 0 Å². The molecule has 0 radical (unpaired) electrons. The van der Waals surface area contributed by atoms with Gasteiger partial charge in [0.15, 0.2) is 12.0 Å². The summed E-state index contributed by atoms with van der Waals surface area (Å²) >= 11 is 0. The largest absolute Gasteiger partial charge is 0.447 e. The average molecular weight is 465 g/mol. The fourth-order valence-electron chi connectivity index (χ4n) is 5.80. The second kappa shape index (κ2) is 7.73. The number of benzene rings is 2. The molecule has 0 spiro atoms. The molecule has 2 aromatic carbocycles. The highest BCUT2D eigenvalue weighted by molar-refractivity contribution is 5.81. The molecule has 4 aromatic rings. The molecule has 0 aliphatic carbocycles. The van der Waals surface area contributed by atoms with Crippen LogP contribution in [0.25, 0.3) is 11.1 Å². The molecule has 1 amide bonds. The highest BCUT2D eigenvalue weighted by Crippen LogP contribution is 2.47. The summed E-state index contributed by atoms with van der Waals surface area (Å²) < 4.78 is 40.0. The van der Waals surface area contributed by atoms with Gasteiger partial charge < -0.3 is 19.1 Å². The Morgan fingerprint density at radius 1 is 1.21 bits per heavy atom. The van der Waals surface area contributed by atoms with Gasteiger partial charge in [-0.3, -0.25) is 4.79 Å². The van der Waals surface area contributed by atoms with E-state index in [2.05, 4.69) is 15.3 Å². The van der Waals surface area contributed by atoms with Gasteiger partial charge in [0.25, 0.3) is 0 Å². The summed E-state index contributed by atoms with van der Waals surface area (Å²) in [6.07, 6.45) is 3.16. The number of quaternary nitrogens is 1. The normalized spacial score (nSPS) is 24.7. The Bertz CT molecular complexity index is 1380. The van der Waals surface area contributed by atoms with Crippen molar-refractivity contribution in [1.29, 1.82) is 0 Å². The minimum absolute atomic E-state index is 0.0182. The monoisotopic (exact) mass is 465 g/mol. The third-order valence-electron chi connectivity index (χ3n) is 7.25. The molecule has 9 heteroatoms. The summed E-state index contributed by atoms with van der Waals surface area (Å²) in [5.74, 6) is -1.23. The number of fused-ring (bicyclic) bond motifs is 2. The van der Waals surface area contributed by atoms with Crippen molar-refractivity contribution in [1.82, 2.24) is 14.9 Å². The second-order valence-electron chi connectivity index (χ2n) is 9.17. The first-order valence-electron chi connectivity index (χ1n) is 11.3. The lowest BCUT2D eigenvalue weighted by Crippen LogP contribution is -2.94. The van der Waals surface area contributed by atoms with Crippen LogP contribution in [0.5, 0.6) is 0 Å². The minimum Gasteiger partial charge on any atom is -0.447 e. The zero-order chi connectivity index (χ0) is 23.4. The number of para-hydroxylation sites is 1. The Balaban J connectivity index is 1.45. The Hall–Kier alpha value is -3.59. The van der Waals surface area contributed by atoms with Crippen molar-refractivity contribution in [2.75, 3.05) is 13.1 Å². The van der Waals surface area contributed by atoms with Gasteiger partial charge in [0, 0.05) is 30.5 Å². The van der Waals surface area contributed by atoms with Crippen LogP contribution in [0.15, 0.2) is 57.9 Å². The summed E-state index contributed by atoms with van der Waals surface area (Å²) in [6, 6.07) is 9.00. The summed E-state index contributed by atoms with van der Waals surface area (Å²) in [7, 11) is 0. The van der Waals surface area contributed by atoms with E-state index in [1.165, 1.54) is 24.8 Å². The van der Waals surface area contributed by atoms with E-state index in [-0.39, 0.29) is 24.3 Å². The molecule has 174 valence electrons. The molecular weight excluding hydrogens is 442 g/mol. The van der Waals surface area contributed by atoms with E-state index in [0.29, 0.717) is 42.4 Å². The summed E-state index contributed by atoms with van der Waals surface area (Å²) in [4.78, 5) is 24.1. The Kier molecular flexibility index (Phi) is 4.77. The molecule has 3 atom stereocenters. The number of amides is 1. The van der Waals surface area contributed by atoms with E-state index in [4.69, 9.17) is 8.83 Å². The number of halogens is 2. The van der Waals surface area contributed by atoms with Crippen LogP contribution in [0.2, 0.25) is 0 Å². The van der Waals surface area contributed by atoms with E-state index < -0.39 is 17.0 Å². The van der Waals surface area contributed by atoms with E-state index in [9.17, 15) is 13.6 Å². The molecule has 0 saturated carbocycles. The van der Waals surface area contributed by atoms with Gasteiger partial charge in [0.1, 0.15) is 28.8 Å². The highest BCUT2D eigenvalue weighted by Gasteiger charge is 2.59. The molecule has 34 heavy (non-hydrogen) atoms. The van der Waals surface area contributed by atoms with Crippen molar-refractivity contribution >= 4 is 17.0 Å². The van der Waals surface area contributed by atoms with Crippen LogP contribution < -0.4 is 5.32 Å². The Morgan fingerprint density at radius 2 is 2.03 bits per heavy atom. The van der Waals surface area contributed by atoms with Crippen molar-refractivity contribution in [2.45, 2.75) is 31.3 Å². The number of aromatic nitrogens is 2. The van der Waals surface area contributed by atoms with Gasteiger partial charge in [-0.2, -0.15) is 0 Å². The molecule has 2 aliphatic heterocycles. The van der Waals surface area contributed by atoms with Crippen LogP contribution in [0.4, 0.5) is 8.78 Å². The number of rotatable bonds is 4. The molecule has 2 fully saturated rings. The lowest BCUT2D eigenvalue weighted by molar-refractivity contribution is -0.677.